The van der Waals surface area contributed by atoms with Crippen molar-refractivity contribution in [2.45, 2.75) is 32.1 Å². The molecule has 2 heterocycles. The van der Waals surface area contributed by atoms with Gasteiger partial charge in [-0.15, -0.1) is 0 Å². The molecule has 43 heavy (non-hydrogen) atoms. The molecule has 0 radical (unpaired) electrons. The van der Waals surface area contributed by atoms with Crippen molar-refractivity contribution in [3.05, 3.63) is 112 Å². The molecule has 0 fully saturated rings. The molecule has 3 aromatic carbocycles. The fourth-order valence-electron chi connectivity index (χ4n) is 4.89. The van der Waals surface area contributed by atoms with Gasteiger partial charge in [-0.05, 0) is 66.9 Å². The number of fused-ring (bicyclic) bond motifs is 1. The Bertz CT molecular complexity index is 1880. The quantitative estimate of drug-likeness (QED) is 0.107. The number of anilines is 1. The van der Waals surface area contributed by atoms with E-state index in [1.54, 1.807) is 30.3 Å². The number of allylic oxidation sites excluding steroid dienone is 1. The molecular weight excluding hydrogens is 551 g/mol. The molecule has 5 rings (SSSR count). The van der Waals surface area contributed by atoms with Gasteiger partial charge in [-0.1, -0.05) is 29.4 Å². The van der Waals surface area contributed by atoms with E-state index in [9.17, 15) is 18.8 Å². The summed E-state index contributed by atoms with van der Waals surface area (Å²) in [5.41, 5.74) is 4.06. The lowest BCUT2D eigenvalue weighted by molar-refractivity contribution is -0.137. The van der Waals surface area contributed by atoms with Crippen molar-refractivity contribution >= 4 is 34.9 Å². The van der Waals surface area contributed by atoms with Gasteiger partial charge in [0.15, 0.2) is 0 Å². The maximum Gasteiger partial charge on any atom is 0.303 e. The fourth-order valence-corrected chi connectivity index (χ4v) is 4.89. The molecule has 2 N–H and O–H groups in total. The summed E-state index contributed by atoms with van der Waals surface area (Å²) in [6.45, 7) is 0. The van der Waals surface area contributed by atoms with Crippen LogP contribution in [0.3, 0.4) is 0 Å². The van der Waals surface area contributed by atoms with Crippen molar-refractivity contribution in [3.8, 4) is 16.9 Å². The summed E-state index contributed by atoms with van der Waals surface area (Å²) < 4.78 is 20.6. The van der Waals surface area contributed by atoms with E-state index in [2.05, 4.69) is 10.5 Å². The van der Waals surface area contributed by atoms with Crippen molar-refractivity contribution in [2.24, 2.45) is 0 Å². The lowest BCUT2D eigenvalue weighted by atomic mass is 10.0. The molecule has 5 aromatic rings. The second-order valence-corrected chi connectivity index (χ2v) is 10.0. The molecule has 2 aromatic heterocycles. The van der Waals surface area contributed by atoms with Gasteiger partial charge >= 0.3 is 5.97 Å². The van der Waals surface area contributed by atoms with Crippen LogP contribution in [-0.2, 0) is 22.4 Å². The fraction of sp³-hybridized carbons (Fsp3) is 0.182. The number of carbonyl (C=O) groups is 2. The number of halogens is 1. The van der Waals surface area contributed by atoms with E-state index in [0.29, 0.717) is 64.3 Å². The van der Waals surface area contributed by atoms with Crippen LogP contribution in [0.1, 0.15) is 36.4 Å². The maximum absolute atomic E-state index is 13.6. The smallest absolute Gasteiger partial charge is 0.303 e. The van der Waals surface area contributed by atoms with Gasteiger partial charge in [0.1, 0.15) is 29.4 Å². The SMILES string of the molecule is CNc1ccccc1/C=C(\C=O)Cc1cc(-c2ccc3c(=O)n(-c4ccc(F)cc4)c(CCCCC(=O)O)nc3c2)no1. The second kappa shape index (κ2) is 13.1. The minimum absolute atomic E-state index is 0.00993. The van der Waals surface area contributed by atoms with Crippen molar-refractivity contribution in [2.75, 3.05) is 12.4 Å². The number of para-hydroxylation sites is 1. The van der Waals surface area contributed by atoms with E-state index in [0.717, 1.165) is 17.5 Å². The predicted octanol–water partition coefficient (Wildman–Crippen LogP) is 5.84. The first-order valence-corrected chi connectivity index (χ1v) is 13.8. The van der Waals surface area contributed by atoms with Crippen LogP contribution in [0.25, 0.3) is 33.9 Å². The third kappa shape index (κ3) is 6.75. The zero-order chi connectivity index (χ0) is 30.3. The first-order chi connectivity index (χ1) is 20.9. The number of carboxylic acid groups (broad SMARTS) is 1. The number of carboxylic acids is 1. The van der Waals surface area contributed by atoms with Crippen LogP contribution >= 0.6 is 0 Å². The first kappa shape index (κ1) is 29.1. The molecular formula is C33H29FN4O5. The topological polar surface area (TPSA) is 127 Å². The Labute approximate surface area is 246 Å². The van der Waals surface area contributed by atoms with Crippen LogP contribution in [0.4, 0.5) is 10.1 Å². The lowest BCUT2D eigenvalue weighted by Gasteiger charge is -2.14. The van der Waals surface area contributed by atoms with Crippen LogP contribution in [0, 0.1) is 5.82 Å². The highest BCUT2D eigenvalue weighted by molar-refractivity contribution is 5.85. The Morgan fingerprint density at radius 2 is 1.86 bits per heavy atom. The summed E-state index contributed by atoms with van der Waals surface area (Å²) in [7, 11) is 1.81. The molecule has 0 aliphatic heterocycles. The number of hydrogen-bond donors (Lipinski definition) is 2. The maximum atomic E-state index is 13.6. The molecule has 218 valence electrons. The van der Waals surface area contributed by atoms with Crippen LogP contribution < -0.4 is 10.9 Å². The van der Waals surface area contributed by atoms with Gasteiger partial charge in [0.05, 0.1) is 16.6 Å². The highest BCUT2D eigenvalue weighted by atomic mass is 19.1. The number of aliphatic carboxylic acids is 1. The Balaban J connectivity index is 1.47. The normalized spacial score (nSPS) is 11.5. The summed E-state index contributed by atoms with van der Waals surface area (Å²) in [5, 5.41) is 16.7. The van der Waals surface area contributed by atoms with Gasteiger partial charge in [-0.2, -0.15) is 0 Å². The molecule has 0 aliphatic carbocycles. The van der Waals surface area contributed by atoms with Crippen LogP contribution in [0.2, 0.25) is 0 Å². The zero-order valence-electron chi connectivity index (χ0n) is 23.4. The lowest BCUT2D eigenvalue weighted by Crippen LogP contribution is -2.24. The van der Waals surface area contributed by atoms with E-state index in [1.165, 1.54) is 28.8 Å². The summed E-state index contributed by atoms with van der Waals surface area (Å²) in [5.74, 6) is -0.384. The van der Waals surface area contributed by atoms with Gasteiger partial charge < -0.3 is 14.9 Å². The third-order valence-electron chi connectivity index (χ3n) is 7.02. The highest BCUT2D eigenvalue weighted by Gasteiger charge is 2.16. The average Bonchev–Trinajstić information content (AvgIpc) is 3.48. The van der Waals surface area contributed by atoms with E-state index in [-0.39, 0.29) is 18.4 Å². The molecule has 10 heteroatoms. The number of carbonyl (C=O) groups excluding carboxylic acids is 1. The van der Waals surface area contributed by atoms with Gasteiger partial charge in [-0.25, -0.2) is 9.37 Å². The van der Waals surface area contributed by atoms with Gasteiger partial charge in [0.25, 0.3) is 5.56 Å². The minimum atomic E-state index is -0.891. The van der Waals surface area contributed by atoms with Crippen LogP contribution in [0.15, 0.2) is 87.7 Å². The molecule has 9 nitrogen and oxygen atoms in total. The summed E-state index contributed by atoms with van der Waals surface area (Å²) in [4.78, 5) is 41.2. The molecule has 0 spiro atoms. The predicted molar refractivity (Wildman–Crippen MR) is 162 cm³/mol. The molecule has 0 aliphatic rings. The number of aryl methyl sites for hydroxylation is 1. The van der Waals surface area contributed by atoms with Gasteiger partial charge in [0.2, 0.25) is 0 Å². The molecule has 0 bridgehead atoms. The molecule has 0 saturated carbocycles. The average molecular weight is 581 g/mol. The number of benzene rings is 3. The number of nitrogens with one attached hydrogen (secondary N) is 1. The molecule has 0 amide bonds. The Morgan fingerprint density at radius 3 is 2.60 bits per heavy atom. The van der Waals surface area contributed by atoms with E-state index >= 15 is 0 Å². The van der Waals surface area contributed by atoms with Crippen LogP contribution in [0.5, 0.6) is 0 Å². The third-order valence-corrected chi connectivity index (χ3v) is 7.02. The highest BCUT2D eigenvalue weighted by Crippen LogP contribution is 2.25. The van der Waals surface area contributed by atoms with E-state index < -0.39 is 11.8 Å². The summed E-state index contributed by atoms with van der Waals surface area (Å²) >= 11 is 0. The second-order valence-electron chi connectivity index (χ2n) is 10.0. The monoisotopic (exact) mass is 580 g/mol. The number of hydrogen-bond acceptors (Lipinski definition) is 7. The number of rotatable bonds is 12. The van der Waals surface area contributed by atoms with Crippen molar-refractivity contribution in [1.29, 1.82) is 0 Å². The first-order valence-electron chi connectivity index (χ1n) is 13.8. The Morgan fingerprint density at radius 1 is 1.07 bits per heavy atom. The van der Waals surface area contributed by atoms with E-state index in [4.69, 9.17) is 14.6 Å². The molecule has 0 unspecified atom stereocenters. The Kier molecular flexibility index (Phi) is 8.85. The molecule has 0 saturated heterocycles. The Hall–Kier alpha value is -5.38. The number of aromatic nitrogens is 3. The number of aldehydes is 1. The summed E-state index contributed by atoms with van der Waals surface area (Å²) in [6, 6.07) is 20.1. The van der Waals surface area contributed by atoms with Crippen LogP contribution in [-0.4, -0.2) is 39.1 Å². The van der Waals surface area contributed by atoms with Gasteiger partial charge in [0, 0.05) is 49.2 Å². The standard InChI is InChI=1S/C33H29FN4O5/c1-35-28-7-3-2-6-22(28)16-21(20-39)17-26-19-29(37-43-26)23-10-15-27-30(18-23)36-31(8-4-5-9-32(40)41)38(33(27)42)25-13-11-24(34)12-14-25/h2-3,6-7,10-16,18-20,35H,4-5,8-9,17H2,1H3,(H,40,41)/b21-16-. The summed E-state index contributed by atoms with van der Waals surface area (Å²) in [6.07, 6.45) is 4.12. The molecule has 0 atom stereocenters. The van der Waals surface area contributed by atoms with Gasteiger partial charge in [-0.3, -0.25) is 19.0 Å². The van der Waals surface area contributed by atoms with Crippen molar-refractivity contribution in [1.82, 2.24) is 14.7 Å². The van der Waals surface area contributed by atoms with Crippen molar-refractivity contribution < 1.29 is 23.6 Å². The number of nitrogens with zero attached hydrogens (tertiary/aromatic N) is 3. The largest absolute Gasteiger partial charge is 0.481 e. The minimum Gasteiger partial charge on any atom is -0.481 e. The number of unbranched alkanes of at least 4 members (excludes halogenated alkanes) is 1. The van der Waals surface area contributed by atoms with Crippen molar-refractivity contribution in [3.63, 3.8) is 0 Å². The van der Waals surface area contributed by atoms with E-state index in [1.807, 2.05) is 31.3 Å². The zero-order valence-corrected chi connectivity index (χ0v) is 23.4.